The Labute approximate surface area is 130 Å². The fraction of sp³-hybridized carbons (Fsp3) is 0.688. The fourth-order valence-electron chi connectivity index (χ4n) is 3.70. The van der Waals surface area contributed by atoms with Crippen LogP contribution in [-0.4, -0.2) is 50.8 Å². The molecule has 4 nitrogen and oxygen atoms in total. The van der Waals surface area contributed by atoms with E-state index in [1.165, 1.54) is 0 Å². The Kier molecular flexibility index (Phi) is 4.33. The molecule has 1 aromatic heterocycles. The second-order valence-electron chi connectivity index (χ2n) is 6.25. The normalized spacial score (nSPS) is 24.7. The summed E-state index contributed by atoms with van der Waals surface area (Å²) in [5.41, 5.74) is 1.27. The molecule has 21 heavy (non-hydrogen) atoms. The first kappa shape index (κ1) is 15.0. The number of likely N-dealkylation sites (tertiary alicyclic amines) is 1. The number of aryl methyl sites for hydroxylation is 1. The van der Waals surface area contributed by atoms with E-state index >= 15 is 0 Å². The number of hydrogen-bond donors (Lipinski definition) is 0. The van der Waals surface area contributed by atoms with Crippen molar-refractivity contribution in [2.24, 2.45) is 11.3 Å². The van der Waals surface area contributed by atoms with Crippen molar-refractivity contribution in [2.45, 2.75) is 19.8 Å². The van der Waals surface area contributed by atoms with Crippen molar-refractivity contribution in [3.8, 4) is 0 Å². The minimum atomic E-state index is 0.187. The molecule has 1 unspecified atom stereocenters. The van der Waals surface area contributed by atoms with Gasteiger partial charge in [0.05, 0.1) is 11.5 Å². The van der Waals surface area contributed by atoms with E-state index in [1.807, 2.05) is 23.3 Å². The number of ether oxygens (including phenoxy) is 2. The van der Waals surface area contributed by atoms with E-state index in [9.17, 15) is 4.79 Å². The van der Waals surface area contributed by atoms with Crippen molar-refractivity contribution in [2.75, 3.05) is 40.0 Å². The van der Waals surface area contributed by atoms with Gasteiger partial charge in [-0.3, -0.25) is 4.79 Å². The van der Waals surface area contributed by atoms with Crippen LogP contribution >= 0.6 is 11.3 Å². The third kappa shape index (κ3) is 2.74. The molecule has 0 aromatic carbocycles. The Morgan fingerprint density at radius 1 is 1.52 bits per heavy atom. The lowest BCUT2D eigenvalue weighted by Gasteiger charge is -2.37. The summed E-state index contributed by atoms with van der Waals surface area (Å²) < 4.78 is 10.9. The van der Waals surface area contributed by atoms with Crippen LogP contribution in [0.4, 0.5) is 0 Å². The SMILES string of the molecule is COCC1CN(C(=O)c2sccc2C)CC12CCOCC2. The number of rotatable bonds is 3. The molecule has 1 atom stereocenters. The number of carbonyl (C=O) groups excluding carboxylic acids is 1. The highest BCUT2D eigenvalue weighted by Crippen LogP contribution is 2.44. The predicted octanol–water partition coefficient (Wildman–Crippen LogP) is 2.57. The molecule has 2 aliphatic heterocycles. The van der Waals surface area contributed by atoms with Gasteiger partial charge in [0.1, 0.15) is 0 Å². The highest BCUT2D eigenvalue weighted by molar-refractivity contribution is 7.12. The highest BCUT2D eigenvalue weighted by atomic mass is 32.1. The zero-order valence-corrected chi connectivity index (χ0v) is 13.6. The molecule has 116 valence electrons. The van der Waals surface area contributed by atoms with Crippen LogP contribution < -0.4 is 0 Å². The van der Waals surface area contributed by atoms with Gasteiger partial charge in [-0.2, -0.15) is 0 Å². The lowest BCUT2D eigenvalue weighted by Crippen LogP contribution is -2.39. The van der Waals surface area contributed by atoms with Gasteiger partial charge in [0, 0.05) is 39.3 Å². The maximum absolute atomic E-state index is 12.8. The van der Waals surface area contributed by atoms with Crippen LogP contribution in [0.1, 0.15) is 28.1 Å². The number of carbonyl (C=O) groups is 1. The first-order chi connectivity index (χ1) is 10.2. The number of nitrogens with zero attached hydrogens (tertiary/aromatic N) is 1. The molecule has 0 N–H and O–H groups in total. The summed E-state index contributed by atoms with van der Waals surface area (Å²) >= 11 is 1.55. The summed E-state index contributed by atoms with van der Waals surface area (Å²) in [6.45, 7) is 6.01. The van der Waals surface area contributed by atoms with Crippen LogP contribution in [0.3, 0.4) is 0 Å². The van der Waals surface area contributed by atoms with E-state index in [0.29, 0.717) is 5.92 Å². The molecular formula is C16H23NO3S. The van der Waals surface area contributed by atoms with Gasteiger partial charge < -0.3 is 14.4 Å². The van der Waals surface area contributed by atoms with Crippen LogP contribution in [0.25, 0.3) is 0 Å². The predicted molar refractivity (Wildman–Crippen MR) is 82.8 cm³/mol. The fourth-order valence-corrected chi connectivity index (χ4v) is 4.59. The second kappa shape index (κ2) is 6.07. The van der Waals surface area contributed by atoms with Gasteiger partial charge in [-0.05, 0) is 42.2 Å². The van der Waals surface area contributed by atoms with E-state index in [0.717, 1.165) is 56.2 Å². The molecule has 0 saturated carbocycles. The van der Waals surface area contributed by atoms with Crippen LogP contribution in [0, 0.1) is 18.3 Å². The molecule has 2 aliphatic rings. The minimum absolute atomic E-state index is 0.187. The molecule has 1 spiro atoms. The summed E-state index contributed by atoms with van der Waals surface area (Å²) in [6, 6.07) is 2.02. The molecule has 0 aliphatic carbocycles. The highest BCUT2D eigenvalue weighted by Gasteiger charge is 2.48. The van der Waals surface area contributed by atoms with Gasteiger partial charge in [0.2, 0.25) is 0 Å². The number of methoxy groups -OCH3 is 1. The Hall–Kier alpha value is -0.910. The maximum atomic E-state index is 12.8. The molecular weight excluding hydrogens is 286 g/mol. The third-order valence-electron chi connectivity index (χ3n) is 5.01. The smallest absolute Gasteiger partial charge is 0.264 e. The third-order valence-corrected chi connectivity index (χ3v) is 6.02. The van der Waals surface area contributed by atoms with E-state index in [2.05, 4.69) is 0 Å². The van der Waals surface area contributed by atoms with Crippen LogP contribution in [0.2, 0.25) is 0 Å². The van der Waals surface area contributed by atoms with E-state index in [-0.39, 0.29) is 11.3 Å². The second-order valence-corrected chi connectivity index (χ2v) is 7.16. The standard InChI is InChI=1S/C16H23NO3S/c1-12-3-8-21-14(12)15(18)17-9-13(10-19-2)16(11-17)4-6-20-7-5-16/h3,8,13H,4-7,9-11H2,1-2H3. The first-order valence-corrected chi connectivity index (χ1v) is 8.44. The molecule has 2 fully saturated rings. The van der Waals surface area contributed by atoms with Crippen LogP contribution in [0.5, 0.6) is 0 Å². The van der Waals surface area contributed by atoms with Gasteiger partial charge in [-0.15, -0.1) is 11.3 Å². The zero-order valence-electron chi connectivity index (χ0n) is 12.8. The van der Waals surface area contributed by atoms with Crippen molar-refractivity contribution in [1.82, 2.24) is 4.90 Å². The van der Waals surface area contributed by atoms with Gasteiger partial charge in [0.25, 0.3) is 5.91 Å². The topological polar surface area (TPSA) is 38.8 Å². The van der Waals surface area contributed by atoms with Crippen molar-refractivity contribution >= 4 is 17.2 Å². The van der Waals surface area contributed by atoms with Gasteiger partial charge >= 0.3 is 0 Å². The summed E-state index contributed by atoms with van der Waals surface area (Å²) in [4.78, 5) is 15.7. The Morgan fingerprint density at radius 2 is 2.29 bits per heavy atom. The largest absolute Gasteiger partial charge is 0.384 e. The Balaban J connectivity index is 1.79. The summed E-state index contributed by atoms with van der Waals surface area (Å²) in [6.07, 6.45) is 2.07. The van der Waals surface area contributed by atoms with E-state index in [1.54, 1.807) is 18.4 Å². The number of hydrogen-bond acceptors (Lipinski definition) is 4. The summed E-state index contributed by atoms with van der Waals surface area (Å²) in [5.74, 6) is 0.614. The van der Waals surface area contributed by atoms with Gasteiger partial charge in [-0.1, -0.05) is 0 Å². The van der Waals surface area contributed by atoms with Crippen molar-refractivity contribution in [3.05, 3.63) is 21.9 Å². The average molecular weight is 309 g/mol. The summed E-state index contributed by atoms with van der Waals surface area (Å²) in [7, 11) is 1.75. The summed E-state index contributed by atoms with van der Waals surface area (Å²) in [5, 5.41) is 2.00. The molecule has 3 heterocycles. The molecule has 1 amide bonds. The number of thiophene rings is 1. The lowest BCUT2D eigenvalue weighted by atomic mass is 9.72. The van der Waals surface area contributed by atoms with Crippen molar-refractivity contribution in [3.63, 3.8) is 0 Å². The monoisotopic (exact) mass is 309 g/mol. The quantitative estimate of drug-likeness (QED) is 0.861. The zero-order chi connectivity index (χ0) is 14.9. The van der Waals surface area contributed by atoms with Crippen LogP contribution in [0.15, 0.2) is 11.4 Å². The van der Waals surface area contributed by atoms with Crippen molar-refractivity contribution in [1.29, 1.82) is 0 Å². The Bertz CT molecular complexity index is 507. The Morgan fingerprint density at radius 3 is 2.90 bits per heavy atom. The van der Waals surface area contributed by atoms with Gasteiger partial charge in [0.15, 0.2) is 0 Å². The van der Waals surface area contributed by atoms with E-state index < -0.39 is 0 Å². The molecule has 5 heteroatoms. The van der Waals surface area contributed by atoms with E-state index in [4.69, 9.17) is 9.47 Å². The number of amides is 1. The first-order valence-electron chi connectivity index (χ1n) is 7.56. The van der Waals surface area contributed by atoms with Gasteiger partial charge in [-0.25, -0.2) is 0 Å². The average Bonchev–Trinajstić information content (AvgIpc) is 3.05. The minimum Gasteiger partial charge on any atom is -0.384 e. The maximum Gasteiger partial charge on any atom is 0.264 e. The molecule has 0 bridgehead atoms. The molecule has 1 aromatic rings. The van der Waals surface area contributed by atoms with Crippen LogP contribution in [-0.2, 0) is 9.47 Å². The van der Waals surface area contributed by atoms with Crippen molar-refractivity contribution < 1.29 is 14.3 Å². The molecule has 2 saturated heterocycles. The molecule has 0 radical (unpaired) electrons. The molecule has 3 rings (SSSR count). The lowest BCUT2D eigenvalue weighted by molar-refractivity contribution is -0.0169.